The summed E-state index contributed by atoms with van der Waals surface area (Å²) in [6.45, 7) is 0. The van der Waals surface area contributed by atoms with Crippen molar-refractivity contribution in [3.05, 3.63) is 142 Å². The molecule has 0 aliphatic rings. The molecule has 0 heterocycles. The van der Waals surface area contributed by atoms with Crippen molar-refractivity contribution in [2.24, 2.45) is 0 Å². The number of Topliss-reactive ketones (excluding diaryl/α,β-unsaturated/α-hetero) is 1. The number of rotatable bonds is 11. The van der Waals surface area contributed by atoms with Gasteiger partial charge in [-0.3, -0.25) is 4.79 Å². The summed E-state index contributed by atoms with van der Waals surface area (Å²) in [4.78, 5) is 23.8. The molecule has 0 radical (unpaired) electrons. The number of benzene rings is 4. The van der Waals surface area contributed by atoms with E-state index >= 15 is 0 Å². The Kier molecular flexibility index (Phi) is 9.28. The molecule has 4 aromatic carbocycles. The van der Waals surface area contributed by atoms with Gasteiger partial charge in [0, 0.05) is 5.56 Å². The van der Waals surface area contributed by atoms with Gasteiger partial charge in [0.15, 0.2) is 5.78 Å². The van der Waals surface area contributed by atoms with Crippen LogP contribution in [0.4, 0.5) is 8.78 Å². The topological polar surface area (TPSA) is 63.6 Å². The van der Waals surface area contributed by atoms with Gasteiger partial charge in [0.1, 0.15) is 5.75 Å². The Morgan fingerprint density at radius 2 is 1.51 bits per heavy atom. The molecule has 39 heavy (non-hydrogen) atoms. The first-order chi connectivity index (χ1) is 18.7. The van der Waals surface area contributed by atoms with Crippen LogP contribution in [0.5, 0.6) is 5.75 Å². The molecule has 0 fully saturated rings. The van der Waals surface area contributed by atoms with Crippen LogP contribution in [0.2, 0.25) is 0 Å². The van der Waals surface area contributed by atoms with E-state index in [4.69, 9.17) is 4.52 Å². The fourth-order valence-electron chi connectivity index (χ4n) is 4.44. The number of alkyl halides is 2. The van der Waals surface area contributed by atoms with Gasteiger partial charge in [-0.15, -0.1) is 0 Å². The largest absolute Gasteiger partial charge is 0.442 e. The monoisotopic (exact) mass is 610 g/mol. The molecule has 4 nitrogen and oxygen atoms in total. The predicted molar refractivity (Wildman–Crippen MR) is 153 cm³/mol. The maximum atomic E-state index is 14.3. The lowest BCUT2D eigenvalue weighted by Gasteiger charge is -2.33. The molecule has 0 saturated heterocycles. The molecule has 0 saturated carbocycles. The normalized spacial score (nSPS) is 14.6. The van der Waals surface area contributed by atoms with Gasteiger partial charge < -0.3 is 9.42 Å². The van der Waals surface area contributed by atoms with Crippen LogP contribution in [0.15, 0.2) is 120 Å². The standard InChI is InChI=1S/C31H26BrF2O4P/c32-27-21-24(18-19-28(27)38-39(36,37)30(33)34)22-31(26-16-8-3-9-17-26,29(35)25-14-6-2-7-15-25)20-10-13-23-11-4-1-5-12-23/h1-19,21,30H,20,22H2,(H,36,37). The highest BCUT2D eigenvalue weighted by molar-refractivity contribution is 9.10. The van der Waals surface area contributed by atoms with Crippen molar-refractivity contribution in [2.45, 2.75) is 24.4 Å². The number of hydrogen-bond acceptors (Lipinski definition) is 3. The molecule has 0 aliphatic heterocycles. The highest BCUT2D eigenvalue weighted by Crippen LogP contribution is 2.50. The van der Waals surface area contributed by atoms with Gasteiger partial charge in [0.25, 0.3) is 0 Å². The van der Waals surface area contributed by atoms with Crippen molar-refractivity contribution in [3.63, 3.8) is 0 Å². The van der Waals surface area contributed by atoms with Crippen molar-refractivity contribution in [2.75, 3.05) is 0 Å². The van der Waals surface area contributed by atoms with Crippen molar-refractivity contribution in [3.8, 4) is 5.75 Å². The van der Waals surface area contributed by atoms with E-state index in [0.717, 1.165) is 11.1 Å². The lowest BCUT2D eigenvalue weighted by Crippen LogP contribution is -2.38. The molecule has 8 heteroatoms. The molecule has 200 valence electrons. The lowest BCUT2D eigenvalue weighted by atomic mass is 9.68. The van der Waals surface area contributed by atoms with Gasteiger partial charge in [-0.1, -0.05) is 109 Å². The minimum atomic E-state index is -5.14. The molecule has 0 aromatic heterocycles. The van der Waals surface area contributed by atoms with Crippen LogP contribution in [0.25, 0.3) is 6.08 Å². The average molecular weight is 611 g/mol. The van der Waals surface area contributed by atoms with Gasteiger partial charge in [-0.05, 0) is 57.6 Å². The summed E-state index contributed by atoms with van der Waals surface area (Å²) in [5.41, 5.74) is 2.09. The number of allylic oxidation sites excluding steroid dienone is 1. The average Bonchev–Trinajstić information content (AvgIpc) is 2.95. The molecule has 4 aromatic rings. The summed E-state index contributed by atoms with van der Waals surface area (Å²) in [6.07, 6.45) is 1.09. The summed E-state index contributed by atoms with van der Waals surface area (Å²) in [7, 11) is -5.14. The van der Waals surface area contributed by atoms with Crippen LogP contribution < -0.4 is 4.52 Å². The zero-order valence-electron chi connectivity index (χ0n) is 20.8. The quantitative estimate of drug-likeness (QED) is 0.136. The van der Waals surface area contributed by atoms with E-state index in [2.05, 4.69) is 15.9 Å². The van der Waals surface area contributed by atoms with E-state index in [1.54, 1.807) is 24.3 Å². The summed E-state index contributed by atoms with van der Waals surface area (Å²) < 4.78 is 42.5. The Labute approximate surface area is 234 Å². The third-order valence-electron chi connectivity index (χ3n) is 6.35. The van der Waals surface area contributed by atoms with Crippen LogP contribution in [0, 0.1) is 0 Å². The number of ketones is 1. The molecule has 2 atom stereocenters. The molecule has 1 N–H and O–H groups in total. The number of halogens is 3. The molecule has 0 bridgehead atoms. The fraction of sp³-hybridized carbons (Fsp3) is 0.129. The molecule has 0 spiro atoms. The second-order valence-electron chi connectivity index (χ2n) is 9.04. The van der Waals surface area contributed by atoms with Crippen LogP contribution in [0.3, 0.4) is 0 Å². The first-order valence-corrected chi connectivity index (χ1v) is 14.6. The fourth-order valence-corrected chi connectivity index (χ4v) is 5.59. The summed E-state index contributed by atoms with van der Waals surface area (Å²) >= 11 is 3.28. The molecule has 2 unspecified atom stereocenters. The molecule has 0 amide bonds. The smallest absolute Gasteiger partial charge is 0.420 e. The predicted octanol–water partition coefficient (Wildman–Crippen LogP) is 8.70. The second kappa shape index (κ2) is 12.6. The van der Waals surface area contributed by atoms with E-state index in [-0.39, 0.29) is 22.4 Å². The first kappa shape index (κ1) is 28.6. The Balaban J connectivity index is 1.78. The van der Waals surface area contributed by atoms with Crippen LogP contribution in [-0.2, 0) is 16.4 Å². The van der Waals surface area contributed by atoms with E-state index in [0.29, 0.717) is 17.5 Å². The summed E-state index contributed by atoms with van der Waals surface area (Å²) in [5, 5.41) is 0. The molecule has 4 rings (SSSR count). The molecular formula is C31H26BrF2O4P. The Morgan fingerprint density at radius 3 is 2.10 bits per heavy atom. The summed E-state index contributed by atoms with van der Waals surface area (Å²) in [5.74, 6) is -0.255. The Bertz CT molecular complexity index is 1480. The van der Waals surface area contributed by atoms with Crippen molar-refractivity contribution in [1.82, 2.24) is 0 Å². The van der Waals surface area contributed by atoms with Gasteiger partial charge in [0.05, 0.1) is 9.89 Å². The third-order valence-corrected chi connectivity index (χ3v) is 7.92. The number of hydrogen-bond donors (Lipinski definition) is 1. The third kappa shape index (κ3) is 6.99. The van der Waals surface area contributed by atoms with Crippen molar-refractivity contribution >= 4 is 35.4 Å². The van der Waals surface area contributed by atoms with Gasteiger partial charge in [0.2, 0.25) is 0 Å². The second-order valence-corrected chi connectivity index (χ2v) is 11.6. The highest BCUT2D eigenvalue weighted by atomic mass is 79.9. The van der Waals surface area contributed by atoms with Gasteiger partial charge >= 0.3 is 13.8 Å². The maximum Gasteiger partial charge on any atom is 0.442 e. The lowest BCUT2D eigenvalue weighted by molar-refractivity contribution is 0.0882. The van der Waals surface area contributed by atoms with E-state index in [9.17, 15) is 23.0 Å². The van der Waals surface area contributed by atoms with Crippen molar-refractivity contribution in [1.29, 1.82) is 0 Å². The minimum absolute atomic E-state index is 0.0685. The maximum absolute atomic E-state index is 14.3. The zero-order valence-corrected chi connectivity index (χ0v) is 23.3. The molecule has 0 aliphatic carbocycles. The van der Waals surface area contributed by atoms with Crippen LogP contribution in [0.1, 0.15) is 33.5 Å². The number of carbonyl (C=O) groups is 1. The van der Waals surface area contributed by atoms with Crippen molar-refractivity contribution < 1.29 is 27.6 Å². The van der Waals surface area contributed by atoms with Crippen LogP contribution in [-0.4, -0.2) is 16.8 Å². The van der Waals surface area contributed by atoms with E-state index < -0.39 is 19.2 Å². The first-order valence-electron chi connectivity index (χ1n) is 12.2. The SMILES string of the molecule is O=C(c1ccccc1)C(CC=Cc1ccccc1)(Cc1ccc(OP(=O)(O)C(F)F)c(Br)c1)c1ccccc1. The van der Waals surface area contributed by atoms with E-state index in [1.165, 1.54) is 6.07 Å². The van der Waals surface area contributed by atoms with Gasteiger partial charge in [-0.2, -0.15) is 8.78 Å². The van der Waals surface area contributed by atoms with E-state index in [1.807, 2.05) is 91.0 Å². The number of carbonyl (C=O) groups excluding carboxylic acids is 1. The van der Waals surface area contributed by atoms with Crippen LogP contribution >= 0.6 is 23.5 Å². The molecular weight excluding hydrogens is 585 g/mol. The van der Waals surface area contributed by atoms with Gasteiger partial charge in [-0.25, -0.2) is 4.57 Å². The highest BCUT2D eigenvalue weighted by Gasteiger charge is 2.40. The zero-order chi connectivity index (χ0) is 27.9. The Morgan fingerprint density at radius 1 is 0.923 bits per heavy atom. The Hall–Kier alpha value is -3.38. The summed E-state index contributed by atoms with van der Waals surface area (Å²) in [6, 6.07) is 33.0. The minimum Gasteiger partial charge on any atom is -0.420 e.